The van der Waals surface area contributed by atoms with Crippen LogP contribution in [0.4, 0.5) is 0 Å². The number of carbonyl (C=O) groups is 1. The number of rotatable bonds is 4. The van der Waals surface area contributed by atoms with E-state index in [2.05, 4.69) is 22.1 Å². The third kappa shape index (κ3) is 2.54. The number of nitrogens with one attached hydrogen (secondary N) is 1. The Morgan fingerprint density at radius 2 is 2.35 bits per heavy atom. The fraction of sp³-hybridized carbons (Fsp3) is 0.312. The summed E-state index contributed by atoms with van der Waals surface area (Å²) in [5, 5.41) is 7.17. The zero-order chi connectivity index (χ0) is 16.4. The average molecular weight is 314 g/mol. The lowest BCUT2D eigenvalue weighted by molar-refractivity contribution is -0.136. The van der Waals surface area contributed by atoms with Crippen LogP contribution in [-0.4, -0.2) is 28.3 Å². The molecule has 1 atom stereocenters. The first kappa shape index (κ1) is 15.1. The van der Waals surface area contributed by atoms with Crippen molar-refractivity contribution in [3.63, 3.8) is 0 Å². The van der Waals surface area contributed by atoms with Gasteiger partial charge in [0.2, 0.25) is 11.8 Å². The van der Waals surface area contributed by atoms with Crippen LogP contribution in [0.25, 0.3) is 0 Å². The molecule has 0 bridgehead atoms. The second-order valence-corrected chi connectivity index (χ2v) is 5.26. The van der Waals surface area contributed by atoms with E-state index in [9.17, 15) is 4.79 Å². The van der Waals surface area contributed by atoms with Crippen LogP contribution in [-0.2, 0) is 16.0 Å². The van der Waals surface area contributed by atoms with E-state index < -0.39 is 11.9 Å². The monoisotopic (exact) mass is 314 g/mol. The van der Waals surface area contributed by atoms with Gasteiger partial charge >= 0.3 is 5.97 Å². The van der Waals surface area contributed by atoms with E-state index in [1.54, 1.807) is 12.4 Å². The highest BCUT2D eigenvalue weighted by atomic mass is 16.5. The van der Waals surface area contributed by atoms with Gasteiger partial charge in [-0.25, -0.2) is 4.79 Å². The predicted molar refractivity (Wildman–Crippen MR) is 82.5 cm³/mol. The van der Waals surface area contributed by atoms with Crippen molar-refractivity contribution in [3.05, 3.63) is 52.8 Å². The number of nitrogens with zero attached hydrogens (tertiary/aromatic N) is 2. The van der Waals surface area contributed by atoms with Crippen LogP contribution in [0.5, 0.6) is 5.88 Å². The molecule has 3 N–H and O–H groups in total. The molecule has 0 amide bonds. The van der Waals surface area contributed by atoms with E-state index in [0.717, 1.165) is 29.7 Å². The Bertz CT molecular complexity index is 752. The topological polar surface area (TPSA) is 103 Å². The van der Waals surface area contributed by atoms with E-state index >= 15 is 0 Å². The highest BCUT2D eigenvalue weighted by Crippen LogP contribution is 2.43. The predicted octanol–water partition coefficient (Wildman–Crippen LogP) is 1.62. The van der Waals surface area contributed by atoms with Gasteiger partial charge in [0.25, 0.3) is 0 Å². The molecule has 1 aliphatic rings. The zero-order valence-corrected chi connectivity index (χ0v) is 13.0. The molecule has 7 nitrogen and oxygen atoms in total. The van der Waals surface area contributed by atoms with Gasteiger partial charge in [0, 0.05) is 23.7 Å². The minimum Gasteiger partial charge on any atom is -0.465 e. The first-order valence-corrected chi connectivity index (χ1v) is 7.40. The molecular weight excluding hydrogens is 296 g/mol. The van der Waals surface area contributed by atoms with Crippen LogP contribution < -0.4 is 10.5 Å². The van der Waals surface area contributed by atoms with E-state index in [0.29, 0.717) is 5.88 Å². The maximum atomic E-state index is 12.3. The van der Waals surface area contributed by atoms with Crippen molar-refractivity contribution in [2.45, 2.75) is 25.7 Å². The fourth-order valence-corrected chi connectivity index (χ4v) is 2.84. The van der Waals surface area contributed by atoms with Gasteiger partial charge in [-0.2, -0.15) is 0 Å². The number of aromatic nitrogens is 3. The van der Waals surface area contributed by atoms with E-state index in [1.807, 2.05) is 12.1 Å². The van der Waals surface area contributed by atoms with Crippen LogP contribution in [0.1, 0.15) is 36.1 Å². The Morgan fingerprint density at radius 1 is 1.52 bits per heavy atom. The third-order valence-electron chi connectivity index (χ3n) is 3.82. The summed E-state index contributed by atoms with van der Waals surface area (Å²) in [5.74, 6) is -0.536. The molecule has 0 aliphatic carbocycles. The lowest BCUT2D eigenvalue weighted by Crippen LogP contribution is -2.27. The van der Waals surface area contributed by atoms with Crippen molar-refractivity contribution >= 4 is 5.97 Å². The Kier molecular flexibility index (Phi) is 4.01. The largest absolute Gasteiger partial charge is 0.465 e. The summed E-state index contributed by atoms with van der Waals surface area (Å²) in [4.78, 5) is 16.4. The van der Waals surface area contributed by atoms with Gasteiger partial charge < -0.3 is 15.2 Å². The van der Waals surface area contributed by atoms with E-state index in [4.69, 9.17) is 15.2 Å². The zero-order valence-electron chi connectivity index (χ0n) is 13.0. The molecular formula is C16H18N4O3. The summed E-state index contributed by atoms with van der Waals surface area (Å²) in [6, 6.07) is 3.71. The first-order chi connectivity index (χ1) is 11.2. The molecule has 7 heteroatoms. The Balaban J connectivity index is 2.20. The Morgan fingerprint density at radius 3 is 3.00 bits per heavy atom. The van der Waals surface area contributed by atoms with Gasteiger partial charge in [0.1, 0.15) is 5.57 Å². The summed E-state index contributed by atoms with van der Waals surface area (Å²) in [5.41, 5.74) is 8.80. The summed E-state index contributed by atoms with van der Waals surface area (Å²) in [7, 11) is 1.32. The smallest absolute Gasteiger partial charge is 0.340 e. The van der Waals surface area contributed by atoms with Gasteiger partial charge in [0.05, 0.1) is 13.0 Å². The number of ether oxygens (including phenoxy) is 2. The molecule has 0 radical (unpaired) electrons. The molecule has 1 aliphatic heterocycles. The number of fused-ring (bicyclic) bond motifs is 1. The number of aryl methyl sites for hydroxylation is 1. The normalized spacial score (nSPS) is 16.7. The molecule has 2 aromatic heterocycles. The lowest BCUT2D eigenvalue weighted by Gasteiger charge is -2.25. The number of methoxy groups -OCH3 is 1. The van der Waals surface area contributed by atoms with Gasteiger partial charge in [-0.3, -0.25) is 10.1 Å². The summed E-state index contributed by atoms with van der Waals surface area (Å²) in [6.45, 7) is 2.07. The fourth-order valence-electron chi connectivity index (χ4n) is 2.84. The number of nitrogens with two attached hydrogens (primary N) is 1. The second-order valence-electron chi connectivity index (χ2n) is 5.26. The van der Waals surface area contributed by atoms with Crippen molar-refractivity contribution in [2.75, 3.05) is 7.11 Å². The van der Waals surface area contributed by atoms with Crippen LogP contribution in [0.15, 0.2) is 36.0 Å². The molecule has 1 unspecified atom stereocenters. The van der Waals surface area contributed by atoms with E-state index in [-0.39, 0.29) is 11.5 Å². The second kappa shape index (κ2) is 6.12. The Labute approximate surface area is 133 Å². The van der Waals surface area contributed by atoms with Crippen molar-refractivity contribution in [3.8, 4) is 5.88 Å². The molecule has 3 heterocycles. The average Bonchev–Trinajstić information content (AvgIpc) is 2.96. The van der Waals surface area contributed by atoms with Gasteiger partial charge in [-0.05, 0) is 18.1 Å². The number of esters is 1. The Hall–Kier alpha value is -2.83. The van der Waals surface area contributed by atoms with Crippen LogP contribution in [0.2, 0.25) is 0 Å². The molecule has 3 rings (SSSR count). The number of hydrogen-bond acceptors (Lipinski definition) is 6. The van der Waals surface area contributed by atoms with Crippen molar-refractivity contribution in [2.24, 2.45) is 5.73 Å². The maximum absolute atomic E-state index is 12.3. The van der Waals surface area contributed by atoms with Crippen molar-refractivity contribution < 1.29 is 14.3 Å². The third-order valence-corrected chi connectivity index (χ3v) is 3.82. The molecule has 120 valence electrons. The molecule has 0 fully saturated rings. The molecule has 2 aromatic rings. The van der Waals surface area contributed by atoms with Gasteiger partial charge in [-0.1, -0.05) is 19.4 Å². The standard InChI is InChI=1S/C16H18N4O3/c1-3-5-10-12-11(9-6-4-7-18-8-9)13(16(21)22-2)14(17)23-15(12)20-19-10/h4,6-8,11H,3,5,17H2,1-2H3,(H,19,20). The maximum Gasteiger partial charge on any atom is 0.340 e. The molecule has 0 spiro atoms. The highest BCUT2D eigenvalue weighted by molar-refractivity contribution is 5.92. The summed E-state index contributed by atoms with van der Waals surface area (Å²) >= 11 is 0. The lowest BCUT2D eigenvalue weighted by atomic mass is 9.83. The van der Waals surface area contributed by atoms with Gasteiger partial charge in [-0.15, -0.1) is 5.10 Å². The number of H-pyrrole nitrogens is 1. The summed E-state index contributed by atoms with van der Waals surface area (Å²) in [6.07, 6.45) is 5.10. The first-order valence-electron chi connectivity index (χ1n) is 7.40. The van der Waals surface area contributed by atoms with Crippen molar-refractivity contribution in [1.82, 2.24) is 15.2 Å². The minimum atomic E-state index is -0.523. The molecule has 0 aromatic carbocycles. The number of hydrogen-bond donors (Lipinski definition) is 2. The van der Waals surface area contributed by atoms with Crippen LogP contribution in [0, 0.1) is 0 Å². The van der Waals surface area contributed by atoms with Crippen LogP contribution >= 0.6 is 0 Å². The number of carbonyl (C=O) groups excluding carboxylic acids is 1. The molecule has 23 heavy (non-hydrogen) atoms. The van der Waals surface area contributed by atoms with Gasteiger partial charge in [0.15, 0.2) is 0 Å². The van der Waals surface area contributed by atoms with E-state index in [1.165, 1.54) is 7.11 Å². The quantitative estimate of drug-likeness (QED) is 0.831. The minimum absolute atomic E-state index is 0.00718. The molecule has 0 saturated heterocycles. The number of pyridine rings is 1. The SMILES string of the molecule is CCCc1[nH]nc2c1C(c1cccnc1)C(C(=O)OC)=C(N)O2. The van der Waals surface area contributed by atoms with Crippen LogP contribution in [0.3, 0.4) is 0 Å². The molecule has 0 saturated carbocycles. The summed E-state index contributed by atoms with van der Waals surface area (Å²) < 4.78 is 10.4. The highest BCUT2D eigenvalue weighted by Gasteiger charge is 2.38. The van der Waals surface area contributed by atoms with Crippen molar-refractivity contribution in [1.29, 1.82) is 0 Å². The number of aromatic amines is 1.